The zero-order chi connectivity index (χ0) is 17.4. The fourth-order valence-corrected chi connectivity index (χ4v) is 5.13. The lowest BCUT2D eigenvalue weighted by molar-refractivity contribution is -0.132. The molecule has 4 rings (SSSR count). The predicted octanol–water partition coefficient (Wildman–Crippen LogP) is 1.58. The van der Waals surface area contributed by atoms with Crippen LogP contribution in [0.2, 0.25) is 0 Å². The molecule has 24 heavy (non-hydrogen) atoms. The van der Waals surface area contributed by atoms with Crippen LogP contribution in [0, 0.1) is 26.7 Å². The highest BCUT2D eigenvalue weighted by atomic mass is 127. The topological polar surface area (TPSA) is 90.6 Å². The Morgan fingerprint density at radius 3 is 2.62 bits per heavy atom. The van der Waals surface area contributed by atoms with Gasteiger partial charge in [-0.25, -0.2) is 4.90 Å². The van der Waals surface area contributed by atoms with E-state index >= 15 is 0 Å². The summed E-state index contributed by atoms with van der Waals surface area (Å²) in [6, 6.07) is 6.95. The van der Waals surface area contributed by atoms with Gasteiger partial charge in [0.2, 0.25) is 11.8 Å². The van der Waals surface area contributed by atoms with Crippen LogP contribution in [0.3, 0.4) is 0 Å². The Kier molecular flexibility index (Phi) is 3.18. The molecule has 5 atom stereocenters. The summed E-state index contributed by atoms with van der Waals surface area (Å²) in [5.41, 5.74) is -0.888. The van der Waals surface area contributed by atoms with Crippen LogP contribution in [-0.2, 0) is 14.3 Å². The largest absolute Gasteiger partial charge is 0.390 e. The van der Waals surface area contributed by atoms with Crippen molar-refractivity contribution < 1.29 is 19.4 Å². The second-order valence-electron chi connectivity index (χ2n) is 7.06. The third-order valence-electron chi connectivity index (χ3n) is 5.63. The molecule has 3 aliphatic rings. The Labute approximate surface area is 152 Å². The lowest BCUT2D eigenvalue weighted by Gasteiger charge is -2.31. The number of benzene rings is 1. The molecule has 3 heterocycles. The quantitative estimate of drug-likeness (QED) is 0.531. The molecule has 1 N–H and O–H groups in total. The van der Waals surface area contributed by atoms with Crippen molar-refractivity contribution in [2.75, 3.05) is 4.90 Å². The highest BCUT2D eigenvalue weighted by Crippen LogP contribution is 2.60. The Bertz CT molecular complexity index is 834. The van der Waals surface area contributed by atoms with E-state index in [4.69, 9.17) is 10.00 Å². The minimum Gasteiger partial charge on any atom is -0.390 e. The number of nitrogens with zero attached hydrogens (tertiary/aromatic N) is 2. The van der Waals surface area contributed by atoms with Crippen molar-refractivity contribution in [3.63, 3.8) is 0 Å². The van der Waals surface area contributed by atoms with Crippen molar-refractivity contribution in [3.8, 4) is 6.07 Å². The molecule has 7 heteroatoms. The second-order valence-corrected chi connectivity index (χ2v) is 8.22. The van der Waals surface area contributed by atoms with Gasteiger partial charge in [0.05, 0.1) is 34.8 Å². The molecule has 2 amide bonds. The number of aliphatic hydroxyl groups excluding tert-OH is 1. The molecule has 124 valence electrons. The number of carbonyl (C=O) groups excluding carboxylic acids is 2. The summed E-state index contributed by atoms with van der Waals surface area (Å²) in [6.07, 6.45) is -0.413. The molecular formula is C17H15IN2O4. The molecule has 3 fully saturated rings. The van der Waals surface area contributed by atoms with Gasteiger partial charge in [-0.05, 0) is 54.6 Å². The average Bonchev–Trinajstić information content (AvgIpc) is 3.01. The zero-order valence-corrected chi connectivity index (χ0v) is 15.3. The number of hydrogen-bond acceptors (Lipinski definition) is 5. The van der Waals surface area contributed by atoms with Gasteiger partial charge in [0, 0.05) is 9.99 Å². The summed E-state index contributed by atoms with van der Waals surface area (Å²) in [5, 5.41) is 19.4. The minimum absolute atomic E-state index is 0.288. The van der Waals surface area contributed by atoms with E-state index in [0.29, 0.717) is 21.2 Å². The van der Waals surface area contributed by atoms with Crippen molar-refractivity contribution in [2.45, 2.75) is 37.6 Å². The van der Waals surface area contributed by atoms with Crippen LogP contribution >= 0.6 is 22.6 Å². The lowest BCUT2D eigenvalue weighted by atomic mass is 9.67. The third kappa shape index (κ3) is 1.76. The van der Waals surface area contributed by atoms with Crippen LogP contribution < -0.4 is 4.90 Å². The van der Waals surface area contributed by atoms with Crippen molar-refractivity contribution in [1.29, 1.82) is 5.26 Å². The van der Waals surface area contributed by atoms with Crippen molar-refractivity contribution in [3.05, 3.63) is 27.3 Å². The monoisotopic (exact) mass is 438 g/mol. The molecule has 3 saturated heterocycles. The Morgan fingerprint density at radius 1 is 1.33 bits per heavy atom. The maximum atomic E-state index is 13.0. The first kappa shape index (κ1) is 16.0. The summed E-state index contributed by atoms with van der Waals surface area (Å²) in [7, 11) is 0. The number of amides is 2. The lowest BCUT2D eigenvalue weighted by Crippen LogP contribution is -2.49. The van der Waals surface area contributed by atoms with Crippen LogP contribution in [-0.4, -0.2) is 34.2 Å². The molecule has 1 aromatic rings. The number of hydrogen-bond donors (Lipinski definition) is 1. The molecule has 1 unspecified atom stereocenters. The number of fused-ring (bicyclic) bond motifs is 5. The Balaban J connectivity index is 1.79. The van der Waals surface area contributed by atoms with E-state index in [2.05, 4.69) is 6.07 Å². The van der Waals surface area contributed by atoms with Gasteiger partial charge in [-0.3, -0.25) is 9.59 Å². The molecule has 0 aromatic heterocycles. The van der Waals surface area contributed by atoms with Crippen LogP contribution in [0.5, 0.6) is 0 Å². The predicted molar refractivity (Wildman–Crippen MR) is 91.9 cm³/mol. The number of anilines is 1. The van der Waals surface area contributed by atoms with Crippen molar-refractivity contribution in [1.82, 2.24) is 0 Å². The second kappa shape index (κ2) is 4.77. The van der Waals surface area contributed by atoms with Crippen LogP contribution in [0.15, 0.2) is 18.2 Å². The first-order valence-corrected chi connectivity index (χ1v) is 8.76. The minimum atomic E-state index is -1.03. The van der Waals surface area contributed by atoms with E-state index in [1.807, 2.05) is 22.6 Å². The van der Waals surface area contributed by atoms with Gasteiger partial charge in [0.1, 0.15) is 11.7 Å². The molecule has 1 aromatic carbocycles. The summed E-state index contributed by atoms with van der Waals surface area (Å²) in [6.45, 7) is 3.51. The fourth-order valence-electron chi connectivity index (χ4n) is 4.51. The number of nitriles is 1. The number of ether oxygens (including phenoxy) is 1. The van der Waals surface area contributed by atoms with Gasteiger partial charge in [-0.15, -0.1) is 0 Å². The Hall–Kier alpha value is -1.50. The average molecular weight is 438 g/mol. The van der Waals surface area contributed by atoms with Gasteiger partial charge >= 0.3 is 0 Å². The maximum Gasteiger partial charge on any atom is 0.240 e. The van der Waals surface area contributed by atoms with Gasteiger partial charge < -0.3 is 9.84 Å². The first-order chi connectivity index (χ1) is 11.2. The number of imide groups is 1. The number of halogens is 1. The first-order valence-electron chi connectivity index (χ1n) is 7.68. The molecule has 0 saturated carbocycles. The van der Waals surface area contributed by atoms with E-state index in [-0.39, 0.29) is 11.8 Å². The summed E-state index contributed by atoms with van der Waals surface area (Å²) in [5.74, 6) is -1.88. The van der Waals surface area contributed by atoms with Crippen LogP contribution in [0.25, 0.3) is 0 Å². The van der Waals surface area contributed by atoms with Crippen molar-refractivity contribution in [2.24, 2.45) is 11.8 Å². The number of aliphatic hydroxyl groups is 1. The normalized spacial score (nSPS) is 40.1. The van der Waals surface area contributed by atoms with Crippen molar-refractivity contribution >= 4 is 40.1 Å². The smallest absolute Gasteiger partial charge is 0.240 e. The Morgan fingerprint density at radius 2 is 2.00 bits per heavy atom. The van der Waals surface area contributed by atoms with Gasteiger partial charge in [0.15, 0.2) is 0 Å². The molecule has 0 radical (unpaired) electrons. The van der Waals surface area contributed by atoms with E-state index in [1.165, 1.54) is 4.90 Å². The molecule has 0 aliphatic carbocycles. The van der Waals surface area contributed by atoms with E-state index in [9.17, 15) is 14.7 Å². The third-order valence-corrected chi connectivity index (χ3v) is 6.52. The van der Waals surface area contributed by atoms with Gasteiger partial charge in [0.25, 0.3) is 0 Å². The molecular weight excluding hydrogens is 423 g/mol. The summed E-state index contributed by atoms with van der Waals surface area (Å²) in [4.78, 5) is 27.2. The standard InChI is InChI=1S/C17H15IN2O4/c1-16-6-11(21)17(2,24-16)13-12(16)14(22)20(15(13)23)9-4-3-8(7-19)10(18)5-9/h3-5,11-13,21H,6H2,1-2H3/t11-,12+,13-,16?,17+/m0/s1. The van der Waals surface area contributed by atoms with E-state index in [0.717, 1.165) is 0 Å². The number of carbonyl (C=O) groups is 2. The molecule has 0 spiro atoms. The SMILES string of the molecule is CC12C[C@H](O)[C@@](C)(O1)[C@@H]1C(=O)N(c3ccc(C#N)c(I)c3)C(=O)[C@@H]12. The molecule has 2 bridgehead atoms. The van der Waals surface area contributed by atoms with Gasteiger partial charge in [-0.1, -0.05) is 0 Å². The van der Waals surface area contributed by atoms with Gasteiger partial charge in [-0.2, -0.15) is 5.26 Å². The van der Waals surface area contributed by atoms with E-state index in [1.54, 1.807) is 32.0 Å². The highest BCUT2D eigenvalue weighted by molar-refractivity contribution is 14.1. The number of rotatable bonds is 1. The maximum absolute atomic E-state index is 13.0. The summed E-state index contributed by atoms with van der Waals surface area (Å²) >= 11 is 2.01. The highest BCUT2D eigenvalue weighted by Gasteiger charge is 2.75. The summed E-state index contributed by atoms with van der Waals surface area (Å²) < 4.78 is 6.63. The molecule has 3 aliphatic heterocycles. The van der Waals surface area contributed by atoms with Crippen LogP contribution in [0.1, 0.15) is 25.8 Å². The van der Waals surface area contributed by atoms with Crippen LogP contribution in [0.4, 0.5) is 5.69 Å². The van der Waals surface area contributed by atoms with E-state index < -0.39 is 29.1 Å². The zero-order valence-electron chi connectivity index (χ0n) is 13.1. The fraction of sp³-hybridized carbons (Fsp3) is 0.471. The molecule has 6 nitrogen and oxygen atoms in total.